The number of carbonyl (C=O) groups is 2. The van der Waals surface area contributed by atoms with E-state index in [-0.39, 0.29) is 18.6 Å². The van der Waals surface area contributed by atoms with Crippen LogP contribution in [0.5, 0.6) is 0 Å². The molecule has 6 nitrogen and oxygen atoms in total. The number of hydrogen-bond donors (Lipinski definition) is 3. The van der Waals surface area contributed by atoms with Crippen LogP contribution in [0, 0.1) is 0 Å². The standard InChI is InChI=1S/C26H25N3O3S/c30-15-21-2-1-10-29(21)14-17-3-6-20(7-4-17)27-13-24-23-12-18(19-9-11-33-16-19)5-8-22(23)25(31)28-26(24)32/h3-9,11-13,16,21,27,30H,1-2,10,14-15H2,(H,28,31,32). The predicted molar refractivity (Wildman–Crippen MR) is 131 cm³/mol. The first-order valence-electron chi connectivity index (χ1n) is 11.1. The van der Waals surface area contributed by atoms with E-state index in [4.69, 9.17) is 0 Å². The summed E-state index contributed by atoms with van der Waals surface area (Å²) in [7, 11) is 0. The molecule has 1 atom stereocenters. The average Bonchev–Trinajstić information content (AvgIpc) is 3.52. The molecule has 0 radical (unpaired) electrons. The zero-order valence-corrected chi connectivity index (χ0v) is 18.9. The van der Waals surface area contributed by atoms with Crippen molar-refractivity contribution >= 4 is 34.4 Å². The van der Waals surface area contributed by atoms with Crippen molar-refractivity contribution in [1.82, 2.24) is 10.2 Å². The van der Waals surface area contributed by atoms with Crippen LogP contribution >= 0.6 is 11.3 Å². The second-order valence-corrected chi connectivity index (χ2v) is 9.18. The Balaban J connectivity index is 1.36. The van der Waals surface area contributed by atoms with Crippen molar-refractivity contribution in [2.45, 2.75) is 25.4 Å². The summed E-state index contributed by atoms with van der Waals surface area (Å²) in [4.78, 5) is 27.3. The van der Waals surface area contributed by atoms with Crippen molar-refractivity contribution < 1.29 is 14.7 Å². The molecule has 3 N–H and O–H groups in total. The van der Waals surface area contributed by atoms with Crippen molar-refractivity contribution in [2.75, 3.05) is 18.5 Å². The van der Waals surface area contributed by atoms with Gasteiger partial charge in [0.1, 0.15) is 0 Å². The van der Waals surface area contributed by atoms with E-state index in [0.29, 0.717) is 16.7 Å². The minimum atomic E-state index is -0.414. The molecular weight excluding hydrogens is 434 g/mol. The molecule has 0 spiro atoms. The molecule has 1 fully saturated rings. The molecule has 1 unspecified atom stereocenters. The lowest BCUT2D eigenvalue weighted by Gasteiger charge is -2.22. The molecule has 0 saturated carbocycles. The zero-order valence-electron chi connectivity index (χ0n) is 18.1. The first kappa shape index (κ1) is 21.6. The van der Waals surface area contributed by atoms with Gasteiger partial charge in [-0.1, -0.05) is 18.2 Å². The number of hydrogen-bond acceptors (Lipinski definition) is 6. The van der Waals surface area contributed by atoms with Crippen molar-refractivity contribution in [3.8, 4) is 11.1 Å². The fraction of sp³-hybridized carbons (Fsp3) is 0.231. The van der Waals surface area contributed by atoms with Gasteiger partial charge in [0, 0.05) is 35.6 Å². The number of amides is 2. The van der Waals surface area contributed by atoms with Gasteiger partial charge in [-0.2, -0.15) is 11.3 Å². The Labute approximate surface area is 196 Å². The Bertz CT molecular complexity index is 1200. The van der Waals surface area contributed by atoms with E-state index in [2.05, 4.69) is 27.7 Å². The largest absolute Gasteiger partial charge is 0.395 e. The quantitative estimate of drug-likeness (QED) is 0.382. The van der Waals surface area contributed by atoms with Gasteiger partial charge in [-0.3, -0.25) is 19.8 Å². The molecule has 1 aromatic heterocycles. The lowest BCUT2D eigenvalue weighted by atomic mass is 9.92. The highest BCUT2D eigenvalue weighted by Gasteiger charge is 2.28. The average molecular weight is 460 g/mol. The molecule has 3 heterocycles. The van der Waals surface area contributed by atoms with Gasteiger partial charge in [-0.25, -0.2) is 0 Å². The number of nitrogens with one attached hydrogen (secondary N) is 2. The molecule has 0 bridgehead atoms. The Kier molecular flexibility index (Phi) is 6.09. The highest BCUT2D eigenvalue weighted by Crippen LogP contribution is 2.31. The molecule has 2 aromatic carbocycles. The molecule has 2 amide bonds. The second-order valence-electron chi connectivity index (χ2n) is 8.40. The molecule has 168 valence electrons. The summed E-state index contributed by atoms with van der Waals surface area (Å²) < 4.78 is 0. The fourth-order valence-corrected chi connectivity index (χ4v) is 5.15. The van der Waals surface area contributed by atoms with Gasteiger partial charge < -0.3 is 10.4 Å². The van der Waals surface area contributed by atoms with Crippen molar-refractivity contribution in [3.05, 3.63) is 82.2 Å². The van der Waals surface area contributed by atoms with E-state index in [1.807, 2.05) is 41.1 Å². The molecule has 33 heavy (non-hydrogen) atoms. The summed E-state index contributed by atoms with van der Waals surface area (Å²) >= 11 is 1.60. The fourth-order valence-electron chi connectivity index (χ4n) is 4.48. The minimum Gasteiger partial charge on any atom is -0.395 e. The van der Waals surface area contributed by atoms with Crippen LogP contribution in [0.4, 0.5) is 5.69 Å². The number of aliphatic hydroxyl groups is 1. The zero-order chi connectivity index (χ0) is 22.8. The van der Waals surface area contributed by atoms with Gasteiger partial charge >= 0.3 is 0 Å². The number of likely N-dealkylation sites (tertiary alicyclic amines) is 1. The number of carbonyl (C=O) groups excluding carboxylic acids is 2. The van der Waals surface area contributed by atoms with Crippen LogP contribution < -0.4 is 10.6 Å². The predicted octanol–water partition coefficient (Wildman–Crippen LogP) is 4.09. The Morgan fingerprint density at radius 1 is 1.06 bits per heavy atom. The maximum Gasteiger partial charge on any atom is 0.260 e. The maximum absolute atomic E-state index is 12.6. The van der Waals surface area contributed by atoms with E-state index in [0.717, 1.165) is 42.7 Å². The van der Waals surface area contributed by atoms with Crippen LogP contribution in [-0.2, 0) is 11.3 Å². The number of imide groups is 1. The normalized spacial score (nSPS) is 19.5. The number of nitrogens with zero attached hydrogens (tertiary/aromatic N) is 1. The molecule has 3 aromatic rings. The lowest BCUT2D eigenvalue weighted by Crippen LogP contribution is -2.36. The summed E-state index contributed by atoms with van der Waals surface area (Å²) in [5, 5.41) is 19.2. The van der Waals surface area contributed by atoms with Crippen LogP contribution in [0.15, 0.2) is 65.5 Å². The van der Waals surface area contributed by atoms with E-state index in [1.165, 1.54) is 5.56 Å². The first-order chi connectivity index (χ1) is 16.1. The summed E-state index contributed by atoms with van der Waals surface area (Å²) in [6.45, 7) is 2.03. The molecule has 7 heteroatoms. The second kappa shape index (κ2) is 9.31. The molecule has 2 aliphatic rings. The smallest absolute Gasteiger partial charge is 0.260 e. The number of benzene rings is 2. The third-order valence-corrected chi connectivity index (χ3v) is 7.00. The van der Waals surface area contributed by atoms with Gasteiger partial charge in [-0.15, -0.1) is 0 Å². The van der Waals surface area contributed by atoms with Crippen molar-refractivity contribution in [2.24, 2.45) is 0 Å². The lowest BCUT2D eigenvalue weighted by molar-refractivity contribution is -0.114. The van der Waals surface area contributed by atoms with Gasteiger partial charge in [0.05, 0.1) is 12.2 Å². The third-order valence-electron chi connectivity index (χ3n) is 6.31. The van der Waals surface area contributed by atoms with E-state index in [9.17, 15) is 14.7 Å². The molecule has 1 saturated heterocycles. The molecular formula is C26H25N3O3S. The Morgan fingerprint density at radius 3 is 2.67 bits per heavy atom. The van der Waals surface area contributed by atoms with E-state index >= 15 is 0 Å². The van der Waals surface area contributed by atoms with Gasteiger partial charge in [-0.05, 0) is 77.2 Å². The SMILES string of the molecule is O=C1NC(=O)c2ccc(-c3ccsc3)cc2C1=CNc1ccc(CN2CCCC2CO)cc1. The van der Waals surface area contributed by atoms with Crippen molar-refractivity contribution in [1.29, 1.82) is 0 Å². The number of rotatable bonds is 6. The summed E-state index contributed by atoms with van der Waals surface area (Å²) in [6.07, 6.45) is 3.83. The highest BCUT2D eigenvalue weighted by atomic mass is 32.1. The van der Waals surface area contributed by atoms with Gasteiger partial charge in [0.15, 0.2) is 0 Å². The third kappa shape index (κ3) is 4.48. The van der Waals surface area contributed by atoms with E-state index in [1.54, 1.807) is 23.6 Å². The number of fused-ring (bicyclic) bond motifs is 1. The van der Waals surface area contributed by atoms with Crippen LogP contribution in [0.25, 0.3) is 16.7 Å². The molecule has 5 rings (SSSR count). The Morgan fingerprint density at radius 2 is 1.91 bits per heavy atom. The number of aliphatic hydroxyl groups excluding tert-OH is 1. The monoisotopic (exact) mass is 459 g/mol. The van der Waals surface area contributed by atoms with E-state index < -0.39 is 5.91 Å². The minimum absolute atomic E-state index is 0.202. The number of thiophene rings is 1. The highest BCUT2D eigenvalue weighted by molar-refractivity contribution is 7.08. The van der Waals surface area contributed by atoms with Crippen LogP contribution in [-0.4, -0.2) is 41.0 Å². The summed E-state index contributed by atoms with van der Waals surface area (Å²) in [5.74, 6) is -0.792. The Hall–Kier alpha value is -3.26. The topological polar surface area (TPSA) is 81.7 Å². The molecule has 2 aliphatic heterocycles. The molecule has 0 aliphatic carbocycles. The number of anilines is 1. The van der Waals surface area contributed by atoms with Gasteiger partial charge in [0.2, 0.25) is 0 Å². The first-order valence-corrected chi connectivity index (χ1v) is 12.0. The summed E-state index contributed by atoms with van der Waals surface area (Å²) in [5.41, 5.74) is 5.60. The van der Waals surface area contributed by atoms with Crippen LogP contribution in [0.3, 0.4) is 0 Å². The summed E-state index contributed by atoms with van der Waals surface area (Å²) in [6, 6.07) is 15.9. The maximum atomic E-state index is 12.6. The van der Waals surface area contributed by atoms with Crippen LogP contribution in [0.1, 0.15) is 34.3 Å². The van der Waals surface area contributed by atoms with Crippen LogP contribution in [0.2, 0.25) is 0 Å². The van der Waals surface area contributed by atoms with Crippen molar-refractivity contribution in [3.63, 3.8) is 0 Å². The van der Waals surface area contributed by atoms with Gasteiger partial charge in [0.25, 0.3) is 11.8 Å².